The second-order valence-electron chi connectivity index (χ2n) is 5.84. The van der Waals surface area contributed by atoms with Gasteiger partial charge >= 0.3 is 0 Å². The lowest BCUT2D eigenvalue weighted by Crippen LogP contribution is -2.34. The minimum absolute atomic E-state index is 0.239. The van der Waals surface area contributed by atoms with Crippen LogP contribution in [0.1, 0.15) is 38.1 Å². The fourth-order valence-electron chi connectivity index (χ4n) is 2.41. The van der Waals surface area contributed by atoms with E-state index >= 15 is 0 Å². The summed E-state index contributed by atoms with van der Waals surface area (Å²) in [7, 11) is 2.16. The van der Waals surface area contributed by atoms with Gasteiger partial charge in [0, 0.05) is 24.5 Å². The molecule has 2 aromatic rings. The molecule has 0 saturated heterocycles. The summed E-state index contributed by atoms with van der Waals surface area (Å²) in [4.78, 5) is 2.34. The molecule has 2 rings (SSSR count). The minimum atomic E-state index is 0.239. The third kappa shape index (κ3) is 3.22. The summed E-state index contributed by atoms with van der Waals surface area (Å²) < 4.78 is 5.99. The molecule has 0 fully saturated rings. The number of rotatable bonds is 6. The van der Waals surface area contributed by atoms with Crippen LogP contribution in [0.15, 0.2) is 28.7 Å². The smallest absolute Gasteiger partial charge is 0.134 e. The van der Waals surface area contributed by atoms with Gasteiger partial charge in [0.1, 0.15) is 11.3 Å². The van der Waals surface area contributed by atoms with Gasteiger partial charge < -0.3 is 14.6 Å². The molecule has 1 heterocycles. The van der Waals surface area contributed by atoms with E-state index in [9.17, 15) is 0 Å². The van der Waals surface area contributed by atoms with E-state index in [-0.39, 0.29) is 6.04 Å². The zero-order valence-electron chi connectivity index (χ0n) is 13.2. The molecule has 0 aliphatic heterocycles. The molecule has 110 valence electrons. The summed E-state index contributed by atoms with van der Waals surface area (Å²) in [5, 5.41) is 4.77. The predicted molar refractivity (Wildman–Crippen MR) is 85.1 cm³/mol. The molecule has 3 heteroatoms. The Labute approximate surface area is 122 Å². The highest BCUT2D eigenvalue weighted by atomic mass is 16.3. The van der Waals surface area contributed by atoms with Crippen LogP contribution in [0.3, 0.4) is 0 Å². The van der Waals surface area contributed by atoms with Crippen molar-refractivity contribution in [2.45, 2.75) is 39.8 Å². The Hall–Kier alpha value is -1.32. The molecule has 1 aromatic heterocycles. The third-order valence-electron chi connectivity index (χ3n) is 4.07. The predicted octanol–water partition coefficient (Wildman–Crippen LogP) is 3.73. The van der Waals surface area contributed by atoms with Gasteiger partial charge in [-0.05, 0) is 46.4 Å². The van der Waals surface area contributed by atoms with Crippen LogP contribution >= 0.6 is 0 Å². The van der Waals surface area contributed by atoms with E-state index in [1.807, 2.05) is 12.1 Å². The second kappa shape index (κ2) is 6.42. The van der Waals surface area contributed by atoms with Crippen molar-refractivity contribution in [2.75, 3.05) is 20.1 Å². The first kappa shape index (κ1) is 15.1. The maximum Gasteiger partial charge on any atom is 0.134 e. The first-order chi connectivity index (χ1) is 9.50. The number of hydrogen-bond acceptors (Lipinski definition) is 3. The lowest BCUT2D eigenvalue weighted by molar-refractivity contribution is 0.267. The SMILES string of the molecule is Cc1c(C(C)NCCN(C)C(C)C)oc2ccccc12. The zero-order chi connectivity index (χ0) is 14.7. The van der Waals surface area contributed by atoms with Crippen molar-refractivity contribution in [3.63, 3.8) is 0 Å². The molecule has 0 aliphatic carbocycles. The van der Waals surface area contributed by atoms with Crippen molar-refractivity contribution >= 4 is 11.0 Å². The first-order valence-corrected chi connectivity index (χ1v) is 7.42. The standard InChI is InChI=1S/C17H26N2O/c1-12(2)19(5)11-10-18-14(4)17-13(3)15-8-6-7-9-16(15)20-17/h6-9,12,14,18H,10-11H2,1-5H3. The van der Waals surface area contributed by atoms with E-state index in [0.29, 0.717) is 6.04 Å². The number of nitrogens with one attached hydrogen (secondary N) is 1. The van der Waals surface area contributed by atoms with Crippen LogP contribution in [-0.4, -0.2) is 31.1 Å². The van der Waals surface area contributed by atoms with Crippen molar-refractivity contribution in [3.05, 3.63) is 35.6 Å². The molecular weight excluding hydrogens is 248 g/mol. The van der Waals surface area contributed by atoms with E-state index < -0.39 is 0 Å². The van der Waals surface area contributed by atoms with Gasteiger partial charge in [-0.3, -0.25) is 0 Å². The van der Waals surface area contributed by atoms with E-state index in [2.05, 4.69) is 57.1 Å². The number of furan rings is 1. The highest BCUT2D eigenvalue weighted by Gasteiger charge is 2.16. The van der Waals surface area contributed by atoms with Gasteiger partial charge in [-0.1, -0.05) is 18.2 Å². The molecule has 1 unspecified atom stereocenters. The second-order valence-corrected chi connectivity index (χ2v) is 5.84. The van der Waals surface area contributed by atoms with Crippen LogP contribution in [0.25, 0.3) is 11.0 Å². The van der Waals surface area contributed by atoms with Crippen molar-refractivity contribution in [2.24, 2.45) is 0 Å². The molecular formula is C17H26N2O. The van der Waals surface area contributed by atoms with Gasteiger partial charge in [0.05, 0.1) is 6.04 Å². The van der Waals surface area contributed by atoms with Crippen LogP contribution in [0, 0.1) is 6.92 Å². The number of fused-ring (bicyclic) bond motifs is 1. The molecule has 1 N–H and O–H groups in total. The number of aryl methyl sites for hydroxylation is 1. The van der Waals surface area contributed by atoms with E-state index in [1.54, 1.807) is 0 Å². The maximum atomic E-state index is 5.99. The summed E-state index contributed by atoms with van der Waals surface area (Å²) in [5.74, 6) is 1.05. The number of nitrogens with zero attached hydrogens (tertiary/aromatic N) is 1. The van der Waals surface area contributed by atoms with Crippen LogP contribution in [0.5, 0.6) is 0 Å². The Bertz CT molecular complexity index is 559. The molecule has 3 nitrogen and oxygen atoms in total. The normalized spacial score (nSPS) is 13.6. The number of para-hydroxylation sites is 1. The van der Waals surface area contributed by atoms with Gasteiger partial charge in [0.25, 0.3) is 0 Å². The largest absolute Gasteiger partial charge is 0.459 e. The van der Waals surface area contributed by atoms with Gasteiger partial charge in [0.2, 0.25) is 0 Å². The molecule has 0 spiro atoms. The Kier molecular flexibility index (Phi) is 4.84. The van der Waals surface area contributed by atoms with E-state index in [0.717, 1.165) is 24.4 Å². The van der Waals surface area contributed by atoms with E-state index in [4.69, 9.17) is 4.42 Å². The zero-order valence-corrected chi connectivity index (χ0v) is 13.2. The maximum absolute atomic E-state index is 5.99. The molecule has 0 radical (unpaired) electrons. The van der Waals surface area contributed by atoms with Crippen molar-refractivity contribution in [1.29, 1.82) is 0 Å². The van der Waals surface area contributed by atoms with Crippen molar-refractivity contribution < 1.29 is 4.42 Å². The molecule has 0 amide bonds. The molecule has 1 aromatic carbocycles. The van der Waals surface area contributed by atoms with Crippen molar-refractivity contribution in [1.82, 2.24) is 10.2 Å². The first-order valence-electron chi connectivity index (χ1n) is 7.42. The van der Waals surface area contributed by atoms with Gasteiger partial charge in [0.15, 0.2) is 0 Å². The quantitative estimate of drug-likeness (QED) is 0.870. The summed E-state index contributed by atoms with van der Waals surface area (Å²) in [6.07, 6.45) is 0. The third-order valence-corrected chi connectivity index (χ3v) is 4.07. The van der Waals surface area contributed by atoms with Crippen molar-refractivity contribution in [3.8, 4) is 0 Å². The Morgan fingerprint density at radius 2 is 1.90 bits per heavy atom. The highest BCUT2D eigenvalue weighted by Crippen LogP contribution is 2.28. The lowest BCUT2D eigenvalue weighted by Gasteiger charge is -2.22. The minimum Gasteiger partial charge on any atom is -0.459 e. The lowest BCUT2D eigenvalue weighted by atomic mass is 10.1. The molecule has 0 saturated carbocycles. The van der Waals surface area contributed by atoms with Crippen LogP contribution in [0.2, 0.25) is 0 Å². The van der Waals surface area contributed by atoms with Crippen LogP contribution < -0.4 is 5.32 Å². The fraction of sp³-hybridized carbons (Fsp3) is 0.529. The Morgan fingerprint density at radius 3 is 2.55 bits per heavy atom. The monoisotopic (exact) mass is 274 g/mol. The highest BCUT2D eigenvalue weighted by molar-refractivity contribution is 5.82. The summed E-state index contributed by atoms with van der Waals surface area (Å²) in [5.41, 5.74) is 2.23. The van der Waals surface area contributed by atoms with Crippen LogP contribution in [0.4, 0.5) is 0 Å². The van der Waals surface area contributed by atoms with Gasteiger partial charge in [-0.25, -0.2) is 0 Å². The van der Waals surface area contributed by atoms with Gasteiger partial charge in [-0.2, -0.15) is 0 Å². The summed E-state index contributed by atoms with van der Waals surface area (Å²) in [6, 6.07) is 9.06. The average molecular weight is 274 g/mol. The Morgan fingerprint density at radius 1 is 1.20 bits per heavy atom. The fourth-order valence-corrected chi connectivity index (χ4v) is 2.41. The number of likely N-dealkylation sites (N-methyl/N-ethyl adjacent to an activating group) is 1. The molecule has 20 heavy (non-hydrogen) atoms. The van der Waals surface area contributed by atoms with Gasteiger partial charge in [-0.15, -0.1) is 0 Å². The average Bonchev–Trinajstić information content (AvgIpc) is 2.76. The molecule has 0 bridgehead atoms. The Balaban J connectivity index is 2.01. The van der Waals surface area contributed by atoms with E-state index in [1.165, 1.54) is 10.9 Å². The topological polar surface area (TPSA) is 28.4 Å². The number of hydrogen-bond donors (Lipinski definition) is 1. The number of benzene rings is 1. The summed E-state index contributed by atoms with van der Waals surface area (Å²) >= 11 is 0. The summed E-state index contributed by atoms with van der Waals surface area (Å²) in [6.45, 7) is 10.7. The molecule has 1 atom stereocenters. The van der Waals surface area contributed by atoms with Crippen LogP contribution in [-0.2, 0) is 0 Å². The molecule has 0 aliphatic rings.